The van der Waals surface area contributed by atoms with Crippen LogP contribution < -0.4 is 15.0 Å². The van der Waals surface area contributed by atoms with Crippen molar-refractivity contribution in [2.24, 2.45) is 0 Å². The van der Waals surface area contributed by atoms with Crippen molar-refractivity contribution in [1.29, 1.82) is 0 Å². The maximum absolute atomic E-state index is 12.8. The zero-order valence-electron chi connectivity index (χ0n) is 19.1. The average Bonchev–Trinajstić information content (AvgIpc) is 3.15. The van der Waals surface area contributed by atoms with Crippen LogP contribution in [0.25, 0.3) is 6.08 Å². The normalized spacial score (nSPS) is 17.4. The fourth-order valence-electron chi connectivity index (χ4n) is 3.48. The first-order valence-corrected chi connectivity index (χ1v) is 11.7. The van der Waals surface area contributed by atoms with Crippen molar-refractivity contribution in [3.8, 4) is 5.88 Å². The summed E-state index contributed by atoms with van der Waals surface area (Å²) in [6.45, 7) is 3.33. The second-order valence-corrected chi connectivity index (χ2v) is 9.10. The summed E-state index contributed by atoms with van der Waals surface area (Å²) in [6, 6.07) is 10.9. The number of nitrogens with one attached hydrogen (secondary N) is 1. The van der Waals surface area contributed by atoms with Crippen LogP contribution in [0.3, 0.4) is 0 Å². The van der Waals surface area contributed by atoms with E-state index in [2.05, 4.69) is 15.3 Å². The quantitative estimate of drug-likeness (QED) is 0.590. The van der Waals surface area contributed by atoms with Crippen LogP contribution >= 0.6 is 11.8 Å². The lowest BCUT2D eigenvalue weighted by Crippen LogP contribution is -2.49. The molecule has 1 aromatic carbocycles. The topological polar surface area (TPSA) is 108 Å². The molecule has 1 aromatic heterocycles. The van der Waals surface area contributed by atoms with Crippen molar-refractivity contribution in [3.05, 3.63) is 52.6 Å². The number of carbonyl (C=O) groups excluding carboxylic acids is 3. The predicted octanol–water partition coefficient (Wildman–Crippen LogP) is 1.70. The Hall–Kier alpha value is -3.44. The number of likely N-dealkylation sites (N-methyl/N-ethyl adjacent to an activating group) is 1. The van der Waals surface area contributed by atoms with Gasteiger partial charge in [0.25, 0.3) is 17.1 Å². The number of anilines is 1. The van der Waals surface area contributed by atoms with Crippen LogP contribution in [0.5, 0.6) is 5.88 Å². The Morgan fingerprint density at radius 2 is 1.88 bits per heavy atom. The second-order valence-electron chi connectivity index (χ2n) is 8.08. The number of carbonyl (C=O) groups is 3. The molecule has 2 fully saturated rings. The fourth-order valence-corrected chi connectivity index (χ4v) is 4.15. The molecule has 3 heterocycles. The molecule has 3 amide bonds. The molecule has 0 saturated carbocycles. The van der Waals surface area contributed by atoms with Gasteiger partial charge in [0.05, 0.1) is 10.6 Å². The van der Waals surface area contributed by atoms with Crippen molar-refractivity contribution in [2.45, 2.75) is 0 Å². The van der Waals surface area contributed by atoms with Gasteiger partial charge in [0.2, 0.25) is 11.8 Å². The Balaban J connectivity index is 1.51. The molecule has 4 rings (SSSR count). The van der Waals surface area contributed by atoms with Gasteiger partial charge >= 0.3 is 0 Å². The van der Waals surface area contributed by atoms with Gasteiger partial charge < -0.3 is 19.4 Å². The van der Waals surface area contributed by atoms with Crippen molar-refractivity contribution in [2.75, 3.05) is 58.3 Å². The van der Waals surface area contributed by atoms with E-state index in [1.54, 1.807) is 12.1 Å². The first kappa shape index (κ1) is 23.7. The van der Waals surface area contributed by atoms with Gasteiger partial charge in [-0.1, -0.05) is 18.2 Å². The first-order chi connectivity index (χ1) is 16.4. The lowest BCUT2D eigenvalue weighted by Gasteiger charge is -2.35. The Bertz CT molecular complexity index is 1100. The number of imide groups is 1. The molecule has 178 valence electrons. The molecule has 2 aliphatic heterocycles. The van der Waals surface area contributed by atoms with Gasteiger partial charge in [-0.15, -0.1) is 0 Å². The van der Waals surface area contributed by atoms with E-state index in [4.69, 9.17) is 4.74 Å². The molecule has 11 heteroatoms. The van der Waals surface area contributed by atoms with Gasteiger partial charge in [0.15, 0.2) is 0 Å². The number of rotatable bonds is 7. The Morgan fingerprint density at radius 1 is 1.15 bits per heavy atom. The van der Waals surface area contributed by atoms with Crippen molar-refractivity contribution < 1.29 is 19.1 Å². The summed E-state index contributed by atoms with van der Waals surface area (Å²) in [4.78, 5) is 51.5. The van der Waals surface area contributed by atoms with Crippen LogP contribution in [0.1, 0.15) is 16.1 Å². The maximum atomic E-state index is 12.8. The number of hydrogen-bond acceptors (Lipinski definition) is 9. The van der Waals surface area contributed by atoms with E-state index >= 15 is 0 Å². The highest BCUT2D eigenvalue weighted by atomic mass is 32.2. The number of thioether (sulfide) groups is 1. The molecule has 0 spiro atoms. The highest BCUT2D eigenvalue weighted by Crippen LogP contribution is 2.27. The smallest absolute Gasteiger partial charge is 0.290 e. The highest BCUT2D eigenvalue weighted by molar-refractivity contribution is 8.18. The number of ether oxygens (including phenoxy) is 1. The van der Waals surface area contributed by atoms with E-state index in [1.165, 1.54) is 0 Å². The number of aromatic nitrogens is 2. The third-order valence-corrected chi connectivity index (χ3v) is 6.10. The lowest BCUT2D eigenvalue weighted by atomic mass is 10.2. The van der Waals surface area contributed by atoms with Crippen LogP contribution in [0.4, 0.5) is 10.7 Å². The summed E-state index contributed by atoms with van der Waals surface area (Å²) in [5.41, 5.74) is 1.14. The monoisotopic (exact) mass is 482 g/mol. The van der Waals surface area contributed by atoms with Crippen molar-refractivity contribution >= 4 is 40.8 Å². The molecule has 34 heavy (non-hydrogen) atoms. The third-order valence-electron chi connectivity index (χ3n) is 5.29. The summed E-state index contributed by atoms with van der Waals surface area (Å²) in [5.74, 6) is 0.395. The lowest BCUT2D eigenvalue weighted by molar-refractivity contribution is -0.115. The molecule has 10 nitrogen and oxygen atoms in total. The zero-order valence-corrected chi connectivity index (χ0v) is 19.9. The molecule has 1 N–H and O–H groups in total. The summed E-state index contributed by atoms with van der Waals surface area (Å²) >= 11 is 0.835. The Labute approximate surface area is 202 Å². The molecule has 0 aliphatic carbocycles. The zero-order chi connectivity index (χ0) is 24.1. The molecule has 2 aromatic rings. The van der Waals surface area contributed by atoms with E-state index in [-0.39, 0.29) is 10.8 Å². The number of nitrogens with zero attached hydrogens (tertiary/aromatic N) is 5. The van der Waals surface area contributed by atoms with Crippen LogP contribution in [-0.2, 0) is 4.79 Å². The molecule has 0 unspecified atom stereocenters. The molecule has 2 aliphatic rings. The largest absolute Gasteiger partial charge is 0.476 e. The van der Waals surface area contributed by atoms with Crippen LogP contribution in [0.15, 0.2) is 41.3 Å². The van der Waals surface area contributed by atoms with Crippen molar-refractivity contribution in [3.63, 3.8) is 0 Å². The summed E-state index contributed by atoms with van der Waals surface area (Å²) in [7, 11) is 3.90. The molecular weight excluding hydrogens is 456 g/mol. The van der Waals surface area contributed by atoms with E-state index < -0.39 is 11.1 Å². The van der Waals surface area contributed by atoms with Gasteiger partial charge in [-0.2, -0.15) is 4.98 Å². The Kier molecular flexibility index (Phi) is 7.43. The van der Waals surface area contributed by atoms with Crippen LogP contribution in [0, 0.1) is 0 Å². The van der Waals surface area contributed by atoms with E-state index in [1.807, 2.05) is 59.1 Å². The van der Waals surface area contributed by atoms with Gasteiger partial charge in [0.1, 0.15) is 6.61 Å². The van der Waals surface area contributed by atoms with Crippen molar-refractivity contribution in [1.82, 2.24) is 25.1 Å². The molecule has 0 radical (unpaired) electrons. The number of piperazine rings is 1. The highest BCUT2D eigenvalue weighted by Gasteiger charge is 2.27. The molecule has 0 atom stereocenters. The van der Waals surface area contributed by atoms with Gasteiger partial charge in [-0.25, -0.2) is 4.98 Å². The van der Waals surface area contributed by atoms with Crippen LogP contribution in [-0.4, -0.2) is 90.2 Å². The SMILES string of the molecule is CN(C)CCOc1cc(/C=C2\SC(=O)NC2=O)nc(N2CCN(C(=O)c3ccccc3)CC2)n1. The average molecular weight is 483 g/mol. The van der Waals surface area contributed by atoms with Gasteiger partial charge in [0, 0.05) is 44.4 Å². The summed E-state index contributed by atoms with van der Waals surface area (Å²) in [6.07, 6.45) is 1.56. The van der Waals surface area contributed by atoms with E-state index in [0.717, 1.165) is 11.8 Å². The van der Waals surface area contributed by atoms with Gasteiger partial charge in [-0.05, 0) is 44.1 Å². The third kappa shape index (κ3) is 5.91. The summed E-state index contributed by atoms with van der Waals surface area (Å²) < 4.78 is 5.83. The van der Waals surface area contributed by atoms with Crippen LogP contribution in [0.2, 0.25) is 0 Å². The minimum atomic E-state index is -0.446. The minimum Gasteiger partial charge on any atom is -0.476 e. The Morgan fingerprint density at radius 3 is 2.53 bits per heavy atom. The standard InChI is InChI=1S/C23H26N6O4S/c1-27(2)12-13-33-19-15-17(14-18-20(30)26-23(32)34-18)24-22(25-19)29-10-8-28(9-11-29)21(31)16-6-4-3-5-7-16/h3-7,14-15H,8-13H2,1-2H3,(H,26,30,32)/b18-14-. The molecule has 2 saturated heterocycles. The number of benzene rings is 1. The fraction of sp³-hybridized carbons (Fsp3) is 0.348. The van der Waals surface area contributed by atoms with E-state index in [0.29, 0.717) is 62.4 Å². The first-order valence-electron chi connectivity index (χ1n) is 10.9. The number of hydrogen-bond donors (Lipinski definition) is 1. The van der Waals surface area contributed by atoms with E-state index in [9.17, 15) is 14.4 Å². The number of amides is 3. The minimum absolute atomic E-state index is 0.00120. The maximum Gasteiger partial charge on any atom is 0.290 e. The second kappa shape index (κ2) is 10.7. The summed E-state index contributed by atoms with van der Waals surface area (Å²) in [5, 5.41) is 1.83. The molecular formula is C23H26N6O4S. The van der Waals surface area contributed by atoms with Gasteiger partial charge in [-0.3, -0.25) is 19.7 Å². The predicted molar refractivity (Wildman–Crippen MR) is 130 cm³/mol. The molecule has 0 bridgehead atoms.